The van der Waals surface area contributed by atoms with Crippen LogP contribution < -0.4 is 10.9 Å². The van der Waals surface area contributed by atoms with Gasteiger partial charge in [0.2, 0.25) is 11.3 Å². The lowest BCUT2D eigenvalue weighted by atomic mass is 9.74. The van der Waals surface area contributed by atoms with Crippen LogP contribution in [0.15, 0.2) is 46.4 Å². The lowest BCUT2D eigenvalue weighted by Crippen LogP contribution is -2.53. The minimum atomic E-state index is -5.18. The first-order valence-corrected chi connectivity index (χ1v) is 7.53. The minimum Gasteiger partial charge on any atom is -0.328 e. The number of hydrogen-bond donors (Lipinski definition) is 2. The van der Waals surface area contributed by atoms with Crippen molar-refractivity contribution >= 4 is 5.91 Å². The van der Waals surface area contributed by atoms with Crippen molar-refractivity contribution < 1.29 is 18.0 Å². The number of alkyl halides is 3. The lowest BCUT2D eigenvalue weighted by Gasteiger charge is -2.28. The first-order valence-electron chi connectivity index (χ1n) is 7.53. The molecule has 1 aromatic carbocycles. The summed E-state index contributed by atoms with van der Waals surface area (Å²) in [7, 11) is 0. The third-order valence-corrected chi connectivity index (χ3v) is 4.39. The molecule has 2 aromatic rings. The lowest BCUT2D eigenvalue weighted by molar-refractivity contribution is -0.183. The summed E-state index contributed by atoms with van der Waals surface area (Å²) >= 11 is 0. The van der Waals surface area contributed by atoms with Gasteiger partial charge in [0.05, 0.1) is 22.9 Å². The van der Waals surface area contributed by atoms with E-state index in [0.717, 1.165) is 4.68 Å². The van der Waals surface area contributed by atoms with E-state index in [1.54, 1.807) is 18.2 Å². The number of nitrogens with one attached hydrogen (secondary N) is 2. The maximum Gasteiger partial charge on any atom is 0.412 e. The molecular weight excluding hydrogens is 349 g/mol. The van der Waals surface area contributed by atoms with E-state index in [-0.39, 0.29) is 11.4 Å². The molecule has 1 unspecified atom stereocenters. The van der Waals surface area contributed by atoms with E-state index in [2.05, 4.69) is 10.4 Å². The van der Waals surface area contributed by atoms with Gasteiger partial charge >= 0.3 is 6.18 Å². The molecule has 26 heavy (non-hydrogen) atoms. The van der Waals surface area contributed by atoms with E-state index in [4.69, 9.17) is 0 Å². The number of para-hydroxylation sites is 1. The van der Waals surface area contributed by atoms with Gasteiger partial charge in [0.1, 0.15) is 0 Å². The van der Waals surface area contributed by atoms with Crippen LogP contribution in [-0.2, 0) is 10.2 Å². The molecule has 0 fully saturated rings. The Morgan fingerprint density at radius 3 is 2.31 bits per heavy atom. The molecule has 0 aliphatic carbocycles. The van der Waals surface area contributed by atoms with Crippen LogP contribution in [0.25, 0.3) is 5.69 Å². The molecule has 1 amide bonds. The number of halogens is 3. The summed E-state index contributed by atoms with van der Waals surface area (Å²) in [6, 6.07) is 9.44. The van der Waals surface area contributed by atoms with Gasteiger partial charge in [-0.3, -0.25) is 14.7 Å². The van der Waals surface area contributed by atoms with Gasteiger partial charge < -0.3 is 5.32 Å². The highest BCUT2D eigenvalue weighted by molar-refractivity contribution is 5.99. The molecule has 0 bridgehead atoms. The highest BCUT2D eigenvalue weighted by Crippen LogP contribution is 2.49. The van der Waals surface area contributed by atoms with E-state index >= 15 is 0 Å². The molecule has 0 saturated carbocycles. The number of nitriles is 1. The number of aromatic nitrogens is 2. The summed E-state index contributed by atoms with van der Waals surface area (Å²) in [5.74, 6) is -1.46. The number of hydrogen-bond acceptors (Lipinski definition) is 3. The predicted octanol–water partition coefficient (Wildman–Crippen LogP) is 2.20. The number of allylic oxidation sites excluding steroid dienone is 1. The molecule has 134 valence electrons. The van der Waals surface area contributed by atoms with Crippen molar-refractivity contribution in [3.63, 3.8) is 0 Å². The summed E-state index contributed by atoms with van der Waals surface area (Å²) in [6.07, 6.45) is -5.18. The van der Waals surface area contributed by atoms with Gasteiger partial charge in [-0.2, -0.15) is 18.4 Å². The number of carbonyl (C=O) groups excluding carboxylic acids is 1. The second-order valence-corrected chi connectivity index (χ2v) is 5.90. The predicted molar refractivity (Wildman–Crippen MR) is 85.3 cm³/mol. The average molecular weight is 362 g/mol. The topological polar surface area (TPSA) is 90.7 Å². The Balaban J connectivity index is 2.41. The van der Waals surface area contributed by atoms with Crippen molar-refractivity contribution in [2.24, 2.45) is 0 Å². The number of aromatic amines is 1. The molecule has 2 heterocycles. The van der Waals surface area contributed by atoms with Crippen LogP contribution >= 0.6 is 0 Å². The number of rotatable bonds is 2. The van der Waals surface area contributed by atoms with Crippen LogP contribution in [-0.4, -0.2) is 21.9 Å². The second kappa shape index (κ2) is 5.62. The Morgan fingerprint density at radius 2 is 1.77 bits per heavy atom. The quantitative estimate of drug-likeness (QED) is 0.858. The van der Waals surface area contributed by atoms with Gasteiger partial charge in [0.15, 0.2) is 0 Å². The van der Waals surface area contributed by atoms with E-state index in [0.29, 0.717) is 5.69 Å². The van der Waals surface area contributed by atoms with Gasteiger partial charge in [-0.15, -0.1) is 0 Å². The number of H-pyrrole nitrogens is 1. The zero-order chi connectivity index (χ0) is 19.3. The largest absolute Gasteiger partial charge is 0.412 e. The fourth-order valence-electron chi connectivity index (χ4n) is 3.29. The maximum atomic E-state index is 14.1. The molecule has 1 aliphatic heterocycles. The van der Waals surface area contributed by atoms with Crippen molar-refractivity contribution in [1.82, 2.24) is 15.1 Å². The minimum absolute atomic E-state index is 0.145. The molecule has 9 heteroatoms. The molecule has 1 aliphatic rings. The number of carbonyl (C=O) groups is 1. The highest BCUT2D eigenvalue weighted by Gasteiger charge is 2.69. The molecule has 1 atom stereocenters. The van der Waals surface area contributed by atoms with Crippen LogP contribution in [0.2, 0.25) is 0 Å². The zero-order valence-electron chi connectivity index (χ0n) is 13.7. The SMILES string of the molecule is CC1=C(C#N)C(c2c(C)[nH]n(-c3ccccc3)c2=O)(C(F)(F)F)C(=O)N1. The molecule has 3 rings (SSSR count). The van der Waals surface area contributed by atoms with Crippen molar-refractivity contribution in [3.8, 4) is 11.8 Å². The summed E-state index contributed by atoms with van der Waals surface area (Å²) in [5.41, 5.74) is -6.07. The average Bonchev–Trinajstić information content (AvgIpc) is 3.00. The van der Waals surface area contributed by atoms with Crippen LogP contribution in [0.3, 0.4) is 0 Å². The third kappa shape index (κ3) is 2.12. The van der Waals surface area contributed by atoms with Gasteiger partial charge in [0, 0.05) is 11.4 Å². The van der Waals surface area contributed by atoms with E-state index < -0.39 is 34.2 Å². The van der Waals surface area contributed by atoms with E-state index in [1.165, 1.54) is 32.0 Å². The number of amides is 1. The smallest absolute Gasteiger partial charge is 0.328 e. The molecule has 0 saturated heterocycles. The molecule has 0 radical (unpaired) electrons. The van der Waals surface area contributed by atoms with E-state index in [1.807, 2.05) is 0 Å². The molecule has 1 aromatic heterocycles. The third-order valence-electron chi connectivity index (χ3n) is 4.39. The Bertz CT molecular complexity index is 1030. The molecule has 2 N–H and O–H groups in total. The Hall–Kier alpha value is -3.28. The van der Waals surface area contributed by atoms with Crippen LogP contribution in [0.4, 0.5) is 13.2 Å². The van der Waals surface area contributed by atoms with Crippen molar-refractivity contribution in [3.05, 3.63) is 63.2 Å². The summed E-state index contributed by atoms with van der Waals surface area (Å²) in [4.78, 5) is 25.2. The van der Waals surface area contributed by atoms with Gasteiger partial charge in [0.25, 0.3) is 5.56 Å². The normalized spacial score (nSPS) is 20.2. The van der Waals surface area contributed by atoms with Gasteiger partial charge in [-0.05, 0) is 26.0 Å². The maximum absolute atomic E-state index is 14.1. The first-order chi connectivity index (χ1) is 12.2. The van der Waals surface area contributed by atoms with Crippen molar-refractivity contribution in [2.75, 3.05) is 0 Å². The fraction of sp³-hybridized carbons (Fsp3) is 0.235. The Kier molecular flexibility index (Phi) is 3.79. The molecule has 0 spiro atoms. The molecular formula is C17H13F3N4O2. The monoisotopic (exact) mass is 362 g/mol. The first kappa shape index (κ1) is 17.5. The van der Waals surface area contributed by atoms with Gasteiger partial charge in [-0.1, -0.05) is 18.2 Å². The Labute approximate surface area is 145 Å². The highest BCUT2D eigenvalue weighted by atomic mass is 19.4. The van der Waals surface area contributed by atoms with Crippen molar-refractivity contribution in [2.45, 2.75) is 25.4 Å². The number of nitrogens with zero attached hydrogens (tertiary/aromatic N) is 2. The van der Waals surface area contributed by atoms with Crippen LogP contribution in [0.5, 0.6) is 0 Å². The molecule has 6 nitrogen and oxygen atoms in total. The zero-order valence-corrected chi connectivity index (χ0v) is 13.7. The van der Waals surface area contributed by atoms with Crippen LogP contribution in [0, 0.1) is 18.3 Å². The summed E-state index contributed by atoms with van der Waals surface area (Å²) in [5, 5.41) is 13.9. The second-order valence-electron chi connectivity index (χ2n) is 5.90. The summed E-state index contributed by atoms with van der Waals surface area (Å²) in [6.45, 7) is 2.46. The Morgan fingerprint density at radius 1 is 1.15 bits per heavy atom. The van der Waals surface area contributed by atoms with Gasteiger partial charge in [-0.25, -0.2) is 4.68 Å². The van der Waals surface area contributed by atoms with Crippen LogP contribution in [0.1, 0.15) is 18.2 Å². The number of aryl methyl sites for hydroxylation is 1. The number of benzene rings is 1. The van der Waals surface area contributed by atoms with Crippen molar-refractivity contribution in [1.29, 1.82) is 5.26 Å². The standard InChI is InChI=1S/C17H13F3N4O2/c1-9-12(8-21)16(15(26)22-9,17(18,19)20)13-10(2)23-24(14(13)25)11-6-4-3-5-7-11/h3-7,23H,1-2H3,(H,22,26). The fourth-order valence-corrected chi connectivity index (χ4v) is 3.29. The summed E-state index contributed by atoms with van der Waals surface area (Å²) < 4.78 is 43.3. The van der Waals surface area contributed by atoms with E-state index in [9.17, 15) is 28.0 Å².